The summed E-state index contributed by atoms with van der Waals surface area (Å²) in [6.45, 7) is 16.5. The summed E-state index contributed by atoms with van der Waals surface area (Å²) in [5.41, 5.74) is 5.33. The van der Waals surface area contributed by atoms with E-state index in [9.17, 15) is 0 Å². The molecular formula is C28H59NO13. The highest BCUT2D eigenvalue weighted by molar-refractivity contribution is 4.39. The molecule has 0 aromatic rings. The average molecular weight is 618 g/mol. The van der Waals surface area contributed by atoms with Crippen molar-refractivity contribution in [1.82, 2.24) is 0 Å². The normalized spacial score (nSPS) is 11.6. The molecule has 0 heterocycles. The zero-order valence-electron chi connectivity index (χ0n) is 26.0. The highest BCUT2D eigenvalue weighted by Crippen LogP contribution is 1.87. The SMILES string of the molecule is CCOCCOCCOCCOCCOCCOCCOCCOCCOCCOCCOCCOCCOCCN. The molecule has 0 atom stereocenters. The van der Waals surface area contributed by atoms with Crippen molar-refractivity contribution in [1.29, 1.82) is 0 Å². The van der Waals surface area contributed by atoms with Gasteiger partial charge >= 0.3 is 0 Å². The minimum Gasteiger partial charge on any atom is -0.379 e. The molecule has 14 nitrogen and oxygen atoms in total. The smallest absolute Gasteiger partial charge is 0.0701 e. The van der Waals surface area contributed by atoms with Gasteiger partial charge in [0, 0.05) is 13.2 Å². The van der Waals surface area contributed by atoms with Gasteiger partial charge in [-0.3, -0.25) is 0 Å². The Kier molecular flexibility index (Phi) is 39.9. The van der Waals surface area contributed by atoms with E-state index < -0.39 is 0 Å². The summed E-state index contributed by atoms with van der Waals surface area (Å²) in [5.74, 6) is 0. The summed E-state index contributed by atoms with van der Waals surface area (Å²) in [5, 5.41) is 0. The molecule has 0 unspecified atom stereocenters. The molecule has 0 rings (SSSR count). The molecular weight excluding hydrogens is 558 g/mol. The van der Waals surface area contributed by atoms with E-state index in [4.69, 9.17) is 67.3 Å². The van der Waals surface area contributed by atoms with Crippen molar-refractivity contribution in [2.45, 2.75) is 6.92 Å². The first-order valence-electron chi connectivity index (χ1n) is 15.1. The lowest BCUT2D eigenvalue weighted by Crippen LogP contribution is -2.16. The molecule has 0 saturated carbocycles. The summed E-state index contributed by atoms with van der Waals surface area (Å²) in [6.07, 6.45) is 0. The molecule has 0 aliphatic heterocycles. The summed E-state index contributed by atoms with van der Waals surface area (Å²) in [6, 6.07) is 0. The minimum absolute atomic E-state index is 0.512. The van der Waals surface area contributed by atoms with Crippen LogP contribution in [0.25, 0.3) is 0 Å². The second-order valence-electron chi connectivity index (χ2n) is 8.33. The fraction of sp³-hybridized carbons (Fsp3) is 1.00. The van der Waals surface area contributed by atoms with Gasteiger partial charge in [-0.2, -0.15) is 0 Å². The Morgan fingerprint density at radius 1 is 0.238 bits per heavy atom. The Hall–Kier alpha value is -0.560. The average Bonchev–Trinajstić information content (AvgIpc) is 3.00. The zero-order chi connectivity index (χ0) is 30.3. The van der Waals surface area contributed by atoms with Crippen molar-refractivity contribution in [2.75, 3.05) is 178 Å². The Bertz CT molecular complexity index is 430. The van der Waals surface area contributed by atoms with Gasteiger partial charge in [-0.15, -0.1) is 0 Å². The number of hydrogen-bond donors (Lipinski definition) is 1. The lowest BCUT2D eigenvalue weighted by molar-refractivity contribution is -0.0289. The van der Waals surface area contributed by atoms with Crippen LogP contribution in [0.5, 0.6) is 0 Å². The molecule has 0 radical (unpaired) electrons. The molecule has 0 amide bonds. The lowest BCUT2D eigenvalue weighted by atomic mass is 10.6. The molecule has 0 saturated heterocycles. The number of ether oxygens (including phenoxy) is 13. The van der Waals surface area contributed by atoms with E-state index >= 15 is 0 Å². The van der Waals surface area contributed by atoms with Gasteiger partial charge in [-0.25, -0.2) is 0 Å². The highest BCUT2D eigenvalue weighted by Gasteiger charge is 1.96. The molecule has 0 aromatic heterocycles. The van der Waals surface area contributed by atoms with Crippen molar-refractivity contribution >= 4 is 0 Å². The van der Waals surface area contributed by atoms with Crippen molar-refractivity contribution in [3.8, 4) is 0 Å². The van der Waals surface area contributed by atoms with Crippen molar-refractivity contribution in [3.63, 3.8) is 0 Å². The van der Waals surface area contributed by atoms with Crippen LogP contribution >= 0.6 is 0 Å². The first-order valence-corrected chi connectivity index (χ1v) is 15.1. The standard InChI is InChI=1S/C28H59NO13/c1-2-30-5-6-32-9-10-34-13-14-36-17-18-38-21-22-40-25-26-42-28-27-41-24-23-39-20-19-37-16-15-35-12-11-33-8-7-31-4-3-29/h2-29H2,1H3. The molecule has 0 aliphatic carbocycles. The van der Waals surface area contributed by atoms with Gasteiger partial charge in [-0.05, 0) is 6.92 Å². The highest BCUT2D eigenvalue weighted by atomic mass is 16.6. The maximum atomic E-state index is 5.47. The summed E-state index contributed by atoms with van der Waals surface area (Å²) in [4.78, 5) is 0. The quantitative estimate of drug-likeness (QED) is 0.0936. The van der Waals surface area contributed by atoms with Crippen LogP contribution in [0.1, 0.15) is 6.92 Å². The first-order chi connectivity index (χ1) is 20.9. The summed E-state index contributed by atoms with van der Waals surface area (Å²) in [7, 11) is 0. The lowest BCUT2D eigenvalue weighted by Gasteiger charge is -2.09. The summed E-state index contributed by atoms with van der Waals surface area (Å²) >= 11 is 0. The maximum absolute atomic E-state index is 5.47. The van der Waals surface area contributed by atoms with Crippen LogP contribution in [0.15, 0.2) is 0 Å². The second kappa shape index (κ2) is 40.4. The van der Waals surface area contributed by atoms with E-state index in [0.717, 1.165) is 0 Å². The van der Waals surface area contributed by atoms with Gasteiger partial charge in [0.15, 0.2) is 0 Å². The van der Waals surface area contributed by atoms with E-state index in [1.54, 1.807) is 0 Å². The molecule has 0 aliphatic rings. The largest absolute Gasteiger partial charge is 0.379 e. The van der Waals surface area contributed by atoms with Gasteiger partial charge in [0.2, 0.25) is 0 Å². The van der Waals surface area contributed by atoms with Crippen molar-refractivity contribution < 1.29 is 61.6 Å². The third-order valence-corrected chi connectivity index (χ3v) is 4.93. The molecule has 0 fully saturated rings. The number of rotatable bonds is 39. The van der Waals surface area contributed by atoms with Crippen LogP contribution in [-0.2, 0) is 61.6 Å². The second-order valence-corrected chi connectivity index (χ2v) is 8.33. The third kappa shape index (κ3) is 39.4. The van der Waals surface area contributed by atoms with E-state index in [1.807, 2.05) is 6.92 Å². The Balaban J connectivity index is 3.02. The van der Waals surface area contributed by atoms with Gasteiger partial charge in [0.25, 0.3) is 0 Å². The van der Waals surface area contributed by atoms with Gasteiger partial charge in [0.05, 0.1) is 165 Å². The van der Waals surface area contributed by atoms with Crippen molar-refractivity contribution in [3.05, 3.63) is 0 Å². The van der Waals surface area contributed by atoms with Crippen LogP contribution in [0.2, 0.25) is 0 Å². The van der Waals surface area contributed by atoms with Crippen LogP contribution < -0.4 is 5.73 Å². The Morgan fingerprint density at radius 2 is 0.381 bits per heavy atom. The third-order valence-electron chi connectivity index (χ3n) is 4.93. The molecule has 2 N–H and O–H groups in total. The van der Waals surface area contributed by atoms with E-state index in [2.05, 4.69) is 0 Å². The predicted molar refractivity (Wildman–Crippen MR) is 155 cm³/mol. The van der Waals surface area contributed by atoms with Crippen LogP contribution in [0, 0.1) is 0 Å². The molecule has 0 aromatic carbocycles. The Labute approximate surface area is 252 Å². The minimum atomic E-state index is 0.512. The summed E-state index contributed by atoms with van der Waals surface area (Å²) < 4.78 is 70.1. The Morgan fingerprint density at radius 3 is 0.524 bits per heavy atom. The number of hydrogen-bond acceptors (Lipinski definition) is 14. The molecule has 254 valence electrons. The molecule has 14 heteroatoms. The predicted octanol–water partition coefficient (Wildman–Crippen LogP) is 0.181. The first kappa shape index (κ1) is 41.4. The van der Waals surface area contributed by atoms with Crippen LogP contribution in [-0.4, -0.2) is 178 Å². The van der Waals surface area contributed by atoms with Crippen molar-refractivity contribution in [2.24, 2.45) is 5.73 Å². The van der Waals surface area contributed by atoms with Gasteiger partial charge in [0.1, 0.15) is 0 Å². The monoisotopic (exact) mass is 617 g/mol. The maximum Gasteiger partial charge on any atom is 0.0701 e. The fourth-order valence-corrected chi connectivity index (χ4v) is 2.87. The zero-order valence-corrected chi connectivity index (χ0v) is 26.0. The van der Waals surface area contributed by atoms with E-state index in [1.165, 1.54) is 0 Å². The van der Waals surface area contributed by atoms with E-state index in [0.29, 0.717) is 178 Å². The molecule has 0 bridgehead atoms. The molecule has 42 heavy (non-hydrogen) atoms. The van der Waals surface area contributed by atoms with Crippen LogP contribution in [0.4, 0.5) is 0 Å². The van der Waals surface area contributed by atoms with Gasteiger partial charge in [-0.1, -0.05) is 0 Å². The van der Waals surface area contributed by atoms with Crippen LogP contribution in [0.3, 0.4) is 0 Å². The number of nitrogens with two attached hydrogens (primary N) is 1. The van der Waals surface area contributed by atoms with Gasteiger partial charge < -0.3 is 67.3 Å². The molecule has 0 spiro atoms. The topological polar surface area (TPSA) is 146 Å². The fourth-order valence-electron chi connectivity index (χ4n) is 2.87. The van der Waals surface area contributed by atoms with E-state index in [-0.39, 0.29) is 0 Å².